The molecule has 0 fully saturated rings. The quantitative estimate of drug-likeness (QED) is 0.577. The van der Waals surface area contributed by atoms with Crippen LogP contribution in [0.3, 0.4) is 0 Å². The van der Waals surface area contributed by atoms with E-state index in [-0.39, 0.29) is 0 Å². The van der Waals surface area contributed by atoms with Gasteiger partial charge in [0, 0.05) is 46.9 Å². The zero-order valence-corrected chi connectivity index (χ0v) is 14.2. The number of rotatable bonds is 6. The Morgan fingerprint density at radius 3 is 2.62 bits per heavy atom. The van der Waals surface area contributed by atoms with Gasteiger partial charge in [-0.05, 0) is 30.3 Å². The summed E-state index contributed by atoms with van der Waals surface area (Å²) in [6, 6.07) is 10.8. The highest BCUT2D eigenvalue weighted by molar-refractivity contribution is 7.14. The number of pyridine rings is 1. The predicted octanol–water partition coefficient (Wildman–Crippen LogP) is 3.53. The van der Waals surface area contributed by atoms with Crippen molar-refractivity contribution < 1.29 is 14.7 Å². The van der Waals surface area contributed by atoms with Gasteiger partial charge < -0.3 is 15.7 Å². The average Bonchev–Trinajstić information content (AvgIpc) is 3.09. The number of thiazole rings is 1. The van der Waals surface area contributed by atoms with Crippen LogP contribution < -0.4 is 10.6 Å². The lowest BCUT2D eigenvalue weighted by molar-refractivity contribution is -0.131. The summed E-state index contributed by atoms with van der Waals surface area (Å²) in [6.45, 7) is 0. The molecule has 0 unspecified atom stereocenters. The number of hydrogen-bond donors (Lipinski definition) is 3. The van der Waals surface area contributed by atoms with Gasteiger partial charge in [-0.25, -0.2) is 9.78 Å². The highest BCUT2D eigenvalue weighted by atomic mass is 32.1. The lowest BCUT2D eigenvalue weighted by Gasteiger charge is -2.06. The molecule has 130 valence electrons. The fourth-order valence-electron chi connectivity index (χ4n) is 2.12. The zero-order chi connectivity index (χ0) is 18.4. The van der Waals surface area contributed by atoms with E-state index in [9.17, 15) is 9.59 Å². The molecule has 1 aromatic carbocycles. The molecule has 2 aromatic heterocycles. The molecule has 1 amide bonds. The van der Waals surface area contributed by atoms with E-state index in [1.165, 1.54) is 11.3 Å². The van der Waals surface area contributed by atoms with Crippen LogP contribution in [-0.2, 0) is 9.59 Å². The highest BCUT2D eigenvalue weighted by Gasteiger charge is 2.06. The topological polar surface area (TPSA) is 104 Å². The maximum Gasteiger partial charge on any atom is 0.328 e. The van der Waals surface area contributed by atoms with Gasteiger partial charge in [-0.15, -0.1) is 11.3 Å². The van der Waals surface area contributed by atoms with Gasteiger partial charge in [0.25, 0.3) is 0 Å². The first-order valence-electron chi connectivity index (χ1n) is 7.55. The van der Waals surface area contributed by atoms with Gasteiger partial charge in [-0.1, -0.05) is 6.07 Å². The fourth-order valence-corrected chi connectivity index (χ4v) is 2.86. The van der Waals surface area contributed by atoms with E-state index in [4.69, 9.17) is 5.11 Å². The van der Waals surface area contributed by atoms with Crippen molar-refractivity contribution in [2.45, 2.75) is 0 Å². The van der Waals surface area contributed by atoms with Crippen molar-refractivity contribution in [1.29, 1.82) is 0 Å². The Kier molecular flexibility index (Phi) is 5.35. The van der Waals surface area contributed by atoms with Crippen molar-refractivity contribution >= 4 is 39.7 Å². The Balaban J connectivity index is 1.68. The van der Waals surface area contributed by atoms with E-state index in [0.29, 0.717) is 10.8 Å². The molecular weight excluding hydrogens is 352 g/mol. The molecule has 0 aliphatic carbocycles. The third-order valence-corrected chi connectivity index (χ3v) is 4.00. The molecule has 0 aliphatic rings. The van der Waals surface area contributed by atoms with Gasteiger partial charge in [-0.3, -0.25) is 9.78 Å². The van der Waals surface area contributed by atoms with Crippen molar-refractivity contribution in [3.63, 3.8) is 0 Å². The Labute approximate surface area is 153 Å². The van der Waals surface area contributed by atoms with Crippen LogP contribution in [0.4, 0.5) is 16.5 Å². The molecule has 0 atom stereocenters. The van der Waals surface area contributed by atoms with Crippen molar-refractivity contribution in [3.8, 4) is 11.3 Å². The molecule has 0 aliphatic heterocycles. The van der Waals surface area contributed by atoms with Crippen LogP contribution in [0.25, 0.3) is 11.3 Å². The number of carbonyl (C=O) groups is 2. The normalized spacial score (nSPS) is 10.6. The third-order valence-electron chi connectivity index (χ3n) is 3.24. The summed E-state index contributed by atoms with van der Waals surface area (Å²) in [4.78, 5) is 30.6. The third kappa shape index (κ3) is 4.74. The van der Waals surface area contributed by atoms with Crippen molar-refractivity contribution in [2.75, 3.05) is 10.6 Å². The molecule has 0 bridgehead atoms. The number of carboxylic acids is 1. The molecule has 0 spiro atoms. The fraction of sp³-hybridized carbons (Fsp3) is 0. The number of carboxylic acid groups (broad SMARTS) is 1. The lowest BCUT2D eigenvalue weighted by Crippen LogP contribution is -2.08. The lowest BCUT2D eigenvalue weighted by atomic mass is 10.2. The molecular formula is C18H14N4O3S. The van der Waals surface area contributed by atoms with Crippen LogP contribution in [0, 0.1) is 0 Å². The van der Waals surface area contributed by atoms with Gasteiger partial charge in [0.15, 0.2) is 5.13 Å². The minimum absolute atomic E-state index is 0.515. The van der Waals surface area contributed by atoms with Crippen LogP contribution in [0.15, 0.2) is 66.3 Å². The number of anilines is 3. The smallest absolute Gasteiger partial charge is 0.328 e. The summed E-state index contributed by atoms with van der Waals surface area (Å²) in [5.74, 6) is -1.69. The molecule has 3 aromatic rings. The van der Waals surface area contributed by atoms with E-state index in [1.807, 2.05) is 23.6 Å². The number of benzene rings is 1. The van der Waals surface area contributed by atoms with E-state index in [0.717, 1.165) is 29.1 Å². The summed E-state index contributed by atoms with van der Waals surface area (Å²) in [5.41, 5.74) is 3.13. The van der Waals surface area contributed by atoms with E-state index < -0.39 is 11.9 Å². The molecule has 3 rings (SSSR count). The summed E-state index contributed by atoms with van der Waals surface area (Å²) in [5, 5.41) is 17.0. The minimum Gasteiger partial charge on any atom is -0.478 e. The molecule has 0 saturated heterocycles. The van der Waals surface area contributed by atoms with Crippen molar-refractivity contribution in [1.82, 2.24) is 9.97 Å². The van der Waals surface area contributed by atoms with Crippen LogP contribution in [0.5, 0.6) is 0 Å². The maximum atomic E-state index is 11.6. The Morgan fingerprint density at radius 2 is 1.85 bits per heavy atom. The standard InChI is InChI=1S/C18H14N4O3S/c23-16(4-5-17(24)25)20-13-2-1-3-14(10-13)21-18-22-15(11-26-18)12-6-8-19-9-7-12/h1-11H,(H,20,23)(H,21,22)(H,24,25)/b5-4+. The van der Waals surface area contributed by atoms with E-state index >= 15 is 0 Å². The number of hydrogen-bond acceptors (Lipinski definition) is 6. The highest BCUT2D eigenvalue weighted by Crippen LogP contribution is 2.27. The number of carbonyl (C=O) groups excluding carboxylic acids is 1. The Hall–Kier alpha value is -3.52. The maximum absolute atomic E-state index is 11.6. The van der Waals surface area contributed by atoms with Crippen molar-refractivity contribution in [3.05, 3.63) is 66.3 Å². The number of aromatic nitrogens is 2. The monoisotopic (exact) mass is 366 g/mol. The minimum atomic E-state index is -1.18. The van der Waals surface area contributed by atoms with Gasteiger partial charge in [0.05, 0.1) is 5.69 Å². The first-order valence-corrected chi connectivity index (χ1v) is 8.43. The molecule has 7 nitrogen and oxygen atoms in total. The SMILES string of the molecule is O=C(O)/C=C/C(=O)Nc1cccc(Nc2nc(-c3ccncc3)cs2)c1. The molecule has 8 heteroatoms. The summed E-state index contributed by atoms with van der Waals surface area (Å²) >= 11 is 1.46. The Bertz CT molecular complexity index is 954. The largest absolute Gasteiger partial charge is 0.478 e. The second-order valence-electron chi connectivity index (χ2n) is 5.14. The van der Waals surface area contributed by atoms with Gasteiger partial charge in [0.1, 0.15) is 0 Å². The van der Waals surface area contributed by atoms with Crippen molar-refractivity contribution in [2.24, 2.45) is 0 Å². The molecule has 3 N–H and O–H groups in total. The van der Waals surface area contributed by atoms with Gasteiger partial charge in [0.2, 0.25) is 5.91 Å². The average molecular weight is 366 g/mol. The Morgan fingerprint density at radius 1 is 1.08 bits per heavy atom. The second kappa shape index (κ2) is 8.04. The summed E-state index contributed by atoms with van der Waals surface area (Å²) in [6.07, 6.45) is 5.18. The molecule has 2 heterocycles. The van der Waals surface area contributed by atoms with Crippen LogP contribution in [-0.4, -0.2) is 27.0 Å². The molecule has 26 heavy (non-hydrogen) atoms. The summed E-state index contributed by atoms with van der Waals surface area (Å²) < 4.78 is 0. The van der Waals surface area contributed by atoms with E-state index in [1.54, 1.807) is 30.6 Å². The van der Waals surface area contributed by atoms with Gasteiger partial charge >= 0.3 is 5.97 Å². The molecule has 0 saturated carbocycles. The number of nitrogens with zero attached hydrogens (tertiary/aromatic N) is 2. The number of aliphatic carboxylic acids is 1. The number of amides is 1. The predicted molar refractivity (Wildman–Crippen MR) is 100 cm³/mol. The molecule has 0 radical (unpaired) electrons. The zero-order valence-electron chi connectivity index (χ0n) is 13.4. The second-order valence-corrected chi connectivity index (χ2v) is 6.00. The first kappa shape index (κ1) is 17.3. The van der Waals surface area contributed by atoms with Crippen LogP contribution >= 0.6 is 11.3 Å². The van der Waals surface area contributed by atoms with E-state index in [2.05, 4.69) is 20.6 Å². The van der Waals surface area contributed by atoms with Crippen LogP contribution in [0.2, 0.25) is 0 Å². The summed E-state index contributed by atoms with van der Waals surface area (Å²) in [7, 11) is 0. The number of nitrogens with one attached hydrogen (secondary N) is 2. The van der Waals surface area contributed by atoms with Gasteiger partial charge in [-0.2, -0.15) is 0 Å². The van der Waals surface area contributed by atoms with Crippen LogP contribution in [0.1, 0.15) is 0 Å². The first-order chi connectivity index (χ1) is 12.6.